The molecule has 1 fully saturated rings. The Morgan fingerprint density at radius 1 is 1.30 bits per heavy atom. The summed E-state index contributed by atoms with van der Waals surface area (Å²) < 4.78 is 25.3. The number of rotatable bonds is 3. The number of fused-ring (bicyclic) bond motifs is 2. The van der Waals surface area contributed by atoms with E-state index in [0.29, 0.717) is 19.3 Å². The van der Waals surface area contributed by atoms with Crippen molar-refractivity contribution in [2.24, 2.45) is 17.1 Å². The van der Waals surface area contributed by atoms with Crippen LogP contribution in [-0.2, 0) is 14.6 Å². The van der Waals surface area contributed by atoms with Gasteiger partial charge in [0, 0.05) is 5.70 Å². The summed E-state index contributed by atoms with van der Waals surface area (Å²) in [5.74, 6) is -1.29. The second-order valence-corrected chi connectivity index (χ2v) is 7.34. The van der Waals surface area contributed by atoms with Gasteiger partial charge in [-0.1, -0.05) is 18.2 Å². The maximum atomic E-state index is 12.7. The highest BCUT2D eigenvalue weighted by atomic mass is 32.2. The van der Waals surface area contributed by atoms with Gasteiger partial charge in [-0.05, 0) is 37.3 Å². The van der Waals surface area contributed by atoms with Crippen LogP contribution in [0.1, 0.15) is 19.3 Å². The minimum atomic E-state index is -3.70. The van der Waals surface area contributed by atoms with Gasteiger partial charge < -0.3 is 10.8 Å². The van der Waals surface area contributed by atoms with Crippen molar-refractivity contribution in [1.29, 1.82) is 0 Å². The quantitative estimate of drug-likeness (QED) is 0.880. The van der Waals surface area contributed by atoms with Crippen molar-refractivity contribution in [3.63, 3.8) is 0 Å². The highest BCUT2D eigenvalue weighted by Crippen LogP contribution is 2.57. The van der Waals surface area contributed by atoms with E-state index < -0.39 is 21.2 Å². The van der Waals surface area contributed by atoms with Crippen LogP contribution in [0.4, 0.5) is 0 Å². The maximum absolute atomic E-state index is 12.7. The highest BCUT2D eigenvalue weighted by Gasteiger charge is 2.58. The molecule has 20 heavy (non-hydrogen) atoms. The summed E-state index contributed by atoms with van der Waals surface area (Å²) in [5.41, 5.74) is 4.80. The van der Waals surface area contributed by atoms with Crippen LogP contribution in [0.3, 0.4) is 0 Å². The summed E-state index contributed by atoms with van der Waals surface area (Å²) in [4.78, 5) is 11.8. The molecule has 3 rings (SSSR count). The van der Waals surface area contributed by atoms with E-state index >= 15 is 0 Å². The summed E-state index contributed by atoms with van der Waals surface area (Å²) in [6, 6.07) is 8.04. The van der Waals surface area contributed by atoms with E-state index in [-0.39, 0.29) is 21.4 Å². The van der Waals surface area contributed by atoms with Gasteiger partial charge in [-0.2, -0.15) is 0 Å². The molecule has 0 radical (unpaired) electrons. The van der Waals surface area contributed by atoms with Crippen LogP contribution in [0, 0.1) is 11.3 Å². The smallest absolute Gasteiger partial charge is 0.315 e. The molecule has 3 N–H and O–H groups in total. The molecule has 2 unspecified atom stereocenters. The van der Waals surface area contributed by atoms with Gasteiger partial charge in [0.05, 0.1) is 9.80 Å². The van der Waals surface area contributed by atoms with Gasteiger partial charge in [0.1, 0.15) is 5.41 Å². The lowest BCUT2D eigenvalue weighted by molar-refractivity contribution is -0.146. The molecule has 106 valence electrons. The molecule has 0 heterocycles. The van der Waals surface area contributed by atoms with Crippen molar-refractivity contribution >= 4 is 15.8 Å². The number of hydrogen-bond donors (Lipinski definition) is 2. The van der Waals surface area contributed by atoms with Gasteiger partial charge in [-0.15, -0.1) is 0 Å². The van der Waals surface area contributed by atoms with E-state index in [2.05, 4.69) is 0 Å². The molecule has 2 aliphatic carbocycles. The zero-order chi connectivity index (χ0) is 14.5. The lowest BCUT2D eigenvalue weighted by Crippen LogP contribution is -2.33. The summed E-state index contributed by atoms with van der Waals surface area (Å²) in [6.07, 6.45) is 1.29. The monoisotopic (exact) mass is 293 g/mol. The normalized spacial score (nSPS) is 28.9. The molecule has 0 aliphatic heterocycles. The molecule has 6 heteroatoms. The van der Waals surface area contributed by atoms with Gasteiger partial charge >= 0.3 is 5.97 Å². The molecular weight excluding hydrogens is 278 g/mol. The Labute approximate surface area is 117 Å². The molecule has 5 nitrogen and oxygen atoms in total. The first-order valence-electron chi connectivity index (χ1n) is 6.43. The van der Waals surface area contributed by atoms with Crippen LogP contribution in [0.5, 0.6) is 0 Å². The van der Waals surface area contributed by atoms with Gasteiger partial charge in [0.25, 0.3) is 0 Å². The minimum Gasteiger partial charge on any atom is -0.481 e. The second kappa shape index (κ2) is 4.09. The first kappa shape index (κ1) is 13.2. The Balaban J connectivity index is 2.17. The van der Waals surface area contributed by atoms with E-state index in [9.17, 15) is 18.3 Å². The third-order valence-corrected chi connectivity index (χ3v) is 6.44. The Hall–Kier alpha value is -1.82. The minimum absolute atomic E-state index is 0.0325. The summed E-state index contributed by atoms with van der Waals surface area (Å²) in [6.45, 7) is 0. The number of carbonyl (C=O) groups is 1. The number of carboxylic acids is 1. The fraction of sp³-hybridized carbons (Fsp3) is 0.357. The highest BCUT2D eigenvalue weighted by molar-refractivity contribution is 7.95. The average molecular weight is 293 g/mol. The molecule has 2 aliphatic rings. The van der Waals surface area contributed by atoms with Crippen molar-refractivity contribution in [2.45, 2.75) is 24.2 Å². The van der Waals surface area contributed by atoms with Crippen molar-refractivity contribution in [2.75, 3.05) is 0 Å². The van der Waals surface area contributed by atoms with Crippen LogP contribution >= 0.6 is 0 Å². The van der Waals surface area contributed by atoms with Crippen LogP contribution in [0.2, 0.25) is 0 Å². The number of aliphatic carboxylic acids is 1. The molecule has 1 aromatic rings. The summed E-state index contributed by atoms with van der Waals surface area (Å²) >= 11 is 0. The summed E-state index contributed by atoms with van der Waals surface area (Å²) in [5, 5.41) is 9.41. The van der Waals surface area contributed by atoms with E-state index in [1.807, 2.05) is 0 Å². The predicted molar refractivity (Wildman–Crippen MR) is 72.3 cm³/mol. The van der Waals surface area contributed by atoms with Crippen LogP contribution in [-0.4, -0.2) is 19.5 Å². The first-order chi connectivity index (χ1) is 9.39. The molecular formula is C14H15NO4S. The zero-order valence-corrected chi connectivity index (χ0v) is 11.6. The Morgan fingerprint density at radius 3 is 2.50 bits per heavy atom. The van der Waals surface area contributed by atoms with Crippen molar-refractivity contribution in [1.82, 2.24) is 0 Å². The van der Waals surface area contributed by atoms with Crippen LogP contribution in [0.25, 0.3) is 0 Å². The van der Waals surface area contributed by atoms with E-state index in [0.717, 1.165) is 0 Å². The van der Waals surface area contributed by atoms with Crippen LogP contribution in [0.15, 0.2) is 45.8 Å². The number of sulfone groups is 1. The predicted octanol–water partition coefficient (Wildman–Crippen LogP) is 1.52. The largest absolute Gasteiger partial charge is 0.481 e. The molecule has 2 bridgehead atoms. The Bertz CT molecular complexity index is 708. The first-order valence-corrected chi connectivity index (χ1v) is 7.91. The molecule has 0 amide bonds. The van der Waals surface area contributed by atoms with Gasteiger partial charge in [0.2, 0.25) is 9.84 Å². The van der Waals surface area contributed by atoms with E-state index in [4.69, 9.17) is 5.73 Å². The van der Waals surface area contributed by atoms with Crippen molar-refractivity contribution < 1.29 is 18.3 Å². The lowest BCUT2D eigenvalue weighted by atomic mass is 9.85. The number of carboxylic acid groups (broad SMARTS) is 1. The average Bonchev–Trinajstić information content (AvgIpc) is 2.97. The van der Waals surface area contributed by atoms with E-state index in [1.54, 1.807) is 18.2 Å². The second-order valence-electron chi connectivity index (χ2n) is 5.42. The molecule has 1 saturated carbocycles. The third kappa shape index (κ3) is 1.54. The lowest BCUT2D eigenvalue weighted by Gasteiger charge is -2.24. The molecule has 0 saturated heterocycles. The van der Waals surface area contributed by atoms with Gasteiger partial charge in [-0.25, -0.2) is 8.42 Å². The number of allylic oxidation sites excluding steroid dienone is 1. The fourth-order valence-corrected chi connectivity index (χ4v) is 5.26. The fourth-order valence-electron chi connectivity index (χ4n) is 3.37. The van der Waals surface area contributed by atoms with Crippen LogP contribution < -0.4 is 5.73 Å². The van der Waals surface area contributed by atoms with E-state index in [1.165, 1.54) is 12.1 Å². The standard InChI is InChI=1S/C14H15NO4S/c15-12-11(9-6-7-14(12,8-9)13(16)17)20(18,19)10-4-2-1-3-5-10/h1-5,9H,6-8,15H2,(H,16,17). The zero-order valence-electron chi connectivity index (χ0n) is 10.7. The SMILES string of the molecule is NC1=C(S(=O)(=O)c2ccccc2)C2CCC1(C(=O)O)C2. The molecule has 2 atom stereocenters. The third-order valence-electron chi connectivity index (χ3n) is 4.42. The van der Waals surface area contributed by atoms with Crippen molar-refractivity contribution in [3.8, 4) is 0 Å². The summed E-state index contributed by atoms with van der Waals surface area (Å²) in [7, 11) is -3.70. The van der Waals surface area contributed by atoms with Gasteiger partial charge in [-0.3, -0.25) is 4.79 Å². The molecule has 1 aromatic carbocycles. The van der Waals surface area contributed by atoms with Gasteiger partial charge in [0.15, 0.2) is 0 Å². The Morgan fingerprint density at radius 2 is 1.95 bits per heavy atom. The topological polar surface area (TPSA) is 97.5 Å². The molecule has 0 aromatic heterocycles. The number of benzene rings is 1. The number of nitrogens with two attached hydrogens (primary N) is 1. The number of hydrogen-bond acceptors (Lipinski definition) is 4. The Kier molecular flexibility index (Phi) is 2.69. The maximum Gasteiger partial charge on any atom is 0.315 e. The molecule has 0 spiro atoms. The van der Waals surface area contributed by atoms with Crippen molar-refractivity contribution in [3.05, 3.63) is 40.9 Å².